The van der Waals surface area contributed by atoms with Crippen LogP contribution >= 0.6 is 0 Å². The van der Waals surface area contributed by atoms with E-state index in [4.69, 9.17) is 0 Å². The molecule has 2 aromatic rings. The number of hydrogen-bond donors (Lipinski definition) is 2. The van der Waals surface area contributed by atoms with E-state index in [2.05, 4.69) is 5.32 Å². The lowest BCUT2D eigenvalue weighted by atomic mass is 9.96. The minimum absolute atomic E-state index is 0.187. The molecule has 1 fully saturated rings. The molecular formula is C22H22F3N3O4. The van der Waals surface area contributed by atoms with Crippen LogP contribution in [0.25, 0.3) is 0 Å². The molecule has 0 unspecified atom stereocenters. The van der Waals surface area contributed by atoms with Crippen LogP contribution in [-0.4, -0.2) is 39.5 Å². The standard InChI is InChI=1S/C22H22F3N3O4/c1-10-17(5-11-3-4-11)28-9-14(19(29)20(30)18(28)22(32)27(10)2)21(31)26-8-13-15(24)6-12(23)7-16(13)25/h6-7,9-11,17,30H,3-5,8H2,1-2H3,(H,26,31)/t10-,17+/m1/s1. The zero-order valence-electron chi connectivity index (χ0n) is 17.5. The van der Waals surface area contributed by atoms with Gasteiger partial charge in [-0.2, -0.15) is 0 Å². The molecule has 2 heterocycles. The number of fused-ring (bicyclic) bond motifs is 1. The number of carbonyl (C=O) groups is 2. The van der Waals surface area contributed by atoms with Crippen molar-refractivity contribution in [3.8, 4) is 5.75 Å². The summed E-state index contributed by atoms with van der Waals surface area (Å²) < 4.78 is 42.3. The summed E-state index contributed by atoms with van der Waals surface area (Å²) in [5, 5.41) is 12.7. The molecule has 1 aliphatic carbocycles. The summed E-state index contributed by atoms with van der Waals surface area (Å²) in [4.78, 5) is 39.5. The molecule has 170 valence electrons. The maximum absolute atomic E-state index is 13.9. The van der Waals surface area contributed by atoms with E-state index in [9.17, 15) is 32.7 Å². The van der Waals surface area contributed by atoms with Gasteiger partial charge in [0.05, 0.1) is 6.04 Å². The fourth-order valence-corrected chi connectivity index (χ4v) is 4.11. The smallest absolute Gasteiger partial charge is 0.274 e. The molecule has 0 bridgehead atoms. The third-order valence-electron chi connectivity index (χ3n) is 6.31. The van der Waals surface area contributed by atoms with Gasteiger partial charge < -0.3 is 19.9 Å². The second-order valence-electron chi connectivity index (χ2n) is 8.41. The van der Waals surface area contributed by atoms with Crippen molar-refractivity contribution in [2.45, 2.75) is 44.8 Å². The first-order valence-corrected chi connectivity index (χ1v) is 10.3. The van der Waals surface area contributed by atoms with E-state index in [1.807, 2.05) is 6.92 Å². The first-order chi connectivity index (χ1) is 15.1. The number of nitrogens with zero attached hydrogens (tertiary/aromatic N) is 2. The molecule has 1 aromatic carbocycles. The molecule has 1 aromatic heterocycles. The van der Waals surface area contributed by atoms with Crippen LogP contribution in [0.2, 0.25) is 0 Å². The van der Waals surface area contributed by atoms with Gasteiger partial charge in [-0.25, -0.2) is 13.2 Å². The fourth-order valence-electron chi connectivity index (χ4n) is 4.11. The molecular weight excluding hydrogens is 427 g/mol. The number of rotatable bonds is 5. The number of halogens is 3. The van der Waals surface area contributed by atoms with Crippen LogP contribution in [-0.2, 0) is 6.54 Å². The summed E-state index contributed by atoms with van der Waals surface area (Å²) in [7, 11) is 1.59. The number of aromatic nitrogens is 1. The highest BCUT2D eigenvalue weighted by Crippen LogP contribution is 2.41. The van der Waals surface area contributed by atoms with Gasteiger partial charge in [-0.1, -0.05) is 12.8 Å². The Hall–Kier alpha value is -3.30. The predicted molar refractivity (Wildman–Crippen MR) is 108 cm³/mol. The van der Waals surface area contributed by atoms with Gasteiger partial charge in [0.1, 0.15) is 23.0 Å². The Balaban J connectivity index is 1.69. The van der Waals surface area contributed by atoms with E-state index in [0.29, 0.717) is 24.5 Å². The normalized spacial score (nSPS) is 20.3. The van der Waals surface area contributed by atoms with E-state index in [0.717, 1.165) is 12.8 Å². The molecule has 1 saturated carbocycles. The van der Waals surface area contributed by atoms with Gasteiger partial charge in [0, 0.05) is 43.5 Å². The van der Waals surface area contributed by atoms with Crippen molar-refractivity contribution in [1.82, 2.24) is 14.8 Å². The molecule has 1 aliphatic heterocycles. The van der Waals surface area contributed by atoms with Crippen molar-refractivity contribution in [2.75, 3.05) is 7.05 Å². The molecule has 10 heteroatoms. The lowest BCUT2D eigenvalue weighted by molar-refractivity contribution is 0.0591. The minimum atomic E-state index is -1.18. The summed E-state index contributed by atoms with van der Waals surface area (Å²) >= 11 is 0. The number of benzene rings is 1. The topological polar surface area (TPSA) is 91.6 Å². The number of pyridine rings is 1. The number of aromatic hydroxyl groups is 1. The molecule has 2 aliphatic rings. The highest BCUT2D eigenvalue weighted by Gasteiger charge is 2.40. The average Bonchev–Trinajstić information content (AvgIpc) is 3.54. The molecule has 2 amide bonds. The van der Waals surface area contributed by atoms with Crippen LogP contribution in [0.3, 0.4) is 0 Å². The first kappa shape index (κ1) is 21.9. The number of hydrogen-bond acceptors (Lipinski definition) is 4. The lowest BCUT2D eigenvalue weighted by Gasteiger charge is -2.40. The van der Waals surface area contributed by atoms with Gasteiger partial charge in [-0.3, -0.25) is 14.4 Å². The monoisotopic (exact) mass is 449 g/mol. The highest BCUT2D eigenvalue weighted by atomic mass is 19.1. The van der Waals surface area contributed by atoms with E-state index in [1.165, 1.54) is 15.7 Å². The highest BCUT2D eigenvalue weighted by molar-refractivity contribution is 5.99. The summed E-state index contributed by atoms with van der Waals surface area (Å²) in [6.45, 7) is 1.21. The van der Waals surface area contributed by atoms with Gasteiger partial charge >= 0.3 is 0 Å². The van der Waals surface area contributed by atoms with Crippen LogP contribution < -0.4 is 10.7 Å². The summed E-state index contributed by atoms with van der Waals surface area (Å²) in [5.74, 6) is -5.37. The Kier molecular flexibility index (Phi) is 5.47. The largest absolute Gasteiger partial charge is 0.503 e. The first-order valence-electron chi connectivity index (χ1n) is 10.3. The van der Waals surface area contributed by atoms with E-state index in [1.54, 1.807) is 7.05 Å². The van der Waals surface area contributed by atoms with Crippen LogP contribution in [0, 0.1) is 23.4 Å². The molecule has 0 radical (unpaired) electrons. The van der Waals surface area contributed by atoms with Crippen LogP contribution in [0.15, 0.2) is 23.1 Å². The van der Waals surface area contributed by atoms with E-state index >= 15 is 0 Å². The zero-order valence-corrected chi connectivity index (χ0v) is 17.5. The average molecular weight is 449 g/mol. The van der Waals surface area contributed by atoms with Gasteiger partial charge in [0.15, 0.2) is 11.4 Å². The van der Waals surface area contributed by atoms with E-state index < -0.39 is 58.1 Å². The summed E-state index contributed by atoms with van der Waals surface area (Å²) in [6, 6.07) is 0.466. The molecule has 2 N–H and O–H groups in total. The maximum Gasteiger partial charge on any atom is 0.274 e. The zero-order chi connectivity index (χ0) is 23.3. The molecule has 2 atom stereocenters. The van der Waals surface area contributed by atoms with Gasteiger partial charge in [0.25, 0.3) is 11.8 Å². The van der Waals surface area contributed by atoms with Gasteiger partial charge in [0.2, 0.25) is 5.43 Å². The minimum Gasteiger partial charge on any atom is -0.503 e. The van der Waals surface area contributed by atoms with Crippen LogP contribution in [0.5, 0.6) is 5.75 Å². The molecule has 4 rings (SSSR count). The van der Waals surface area contributed by atoms with Crippen LogP contribution in [0.1, 0.15) is 58.6 Å². The van der Waals surface area contributed by atoms with Crippen molar-refractivity contribution in [3.63, 3.8) is 0 Å². The SMILES string of the molecule is C[C@@H]1[C@H](CC2CC2)n2cc(C(=O)NCc3c(F)cc(F)cc3F)c(=O)c(O)c2C(=O)N1C. The fraction of sp³-hybridized carbons (Fsp3) is 0.409. The Morgan fingerprint density at radius 1 is 1.19 bits per heavy atom. The van der Waals surface area contributed by atoms with Gasteiger partial charge in [-0.15, -0.1) is 0 Å². The number of carbonyl (C=O) groups excluding carboxylic acids is 2. The second kappa shape index (κ2) is 7.99. The Labute approximate surface area is 181 Å². The quantitative estimate of drug-likeness (QED) is 0.735. The number of likely N-dealkylation sites (N-methyl/N-ethyl adjacent to an activating group) is 1. The number of amides is 2. The van der Waals surface area contributed by atoms with Gasteiger partial charge in [-0.05, 0) is 19.3 Å². The molecule has 0 spiro atoms. The van der Waals surface area contributed by atoms with Crippen molar-refractivity contribution < 1.29 is 27.9 Å². The third kappa shape index (κ3) is 3.74. The number of nitrogens with one attached hydrogen (secondary N) is 1. The summed E-state index contributed by atoms with van der Waals surface area (Å²) in [6.07, 6.45) is 4.02. The maximum atomic E-state index is 13.9. The van der Waals surface area contributed by atoms with E-state index in [-0.39, 0.29) is 17.8 Å². The van der Waals surface area contributed by atoms with Crippen molar-refractivity contribution >= 4 is 11.8 Å². The molecule has 7 nitrogen and oxygen atoms in total. The summed E-state index contributed by atoms with van der Waals surface area (Å²) in [5.41, 5.74) is -2.28. The van der Waals surface area contributed by atoms with Crippen molar-refractivity contribution in [2.24, 2.45) is 5.92 Å². The third-order valence-corrected chi connectivity index (χ3v) is 6.31. The predicted octanol–water partition coefficient (Wildman–Crippen LogP) is 2.72. The Morgan fingerprint density at radius 2 is 1.81 bits per heavy atom. The van der Waals surface area contributed by atoms with Crippen LogP contribution in [0.4, 0.5) is 13.2 Å². The second-order valence-corrected chi connectivity index (χ2v) is 8.41. The molecule has 0 saturated heterocycles. The Bertz CT molecular complexity index is 1150. The van der Waals surface area contributed by atoms with Crippen molar-refractivity contribution in [1.29, 1.82) is 0 Å². The Morgan fingerprint density at radius 3 is 2.41 bits per heavy atom. The molecule has 32 heavy (non-hydrogen) atoms. The lowest BCUT2D eigenvalue weighted by Crippen LogP contribution is -2.48. The van der Waals surface area contributed by atoms with Crippen molar-refractivity contribution in [3.05, 3.63) is 62.8 Å².